The van der Waals surface area contributed by atoms with Crippen molar-refractivity contribution < 1.29 is 14.3 Å². The highest BCUT2D eigenvalue weighted by atomic mass is 16.5. The van der Waals surface area contributed by atoms with E-state index in [1.165, 1.54) is 24.6 Å². The van der Waals surface area contributed by atoms with Crippen molar-refractivity contribution in [2.45, 2.75) is 18.8 Å². The molecule has 1 heterocycles. The normalized spacial score (nSPS) is 18.1. The van der Waals surface area contributed by atoms with E-state index in [1.807, 2.05) is 36.4 Å². The Hall–Kier alpha value is -3.12. The fraction of sp³-hybridized carbons (Fsp3) is 0.304. The van der Waals surface area contributed by atoms with Gasteiger partial charge in [0.05, 0.1) is 18.0 Å². The van der Waals surface area contributed by atoms with Gasteiger partial charge in [0, 0.05) is 32.6 Å². The zero-order valence-electron chi connectivity index (χ0n) is 16.7. The Morgan fingerprint density at radius 3 is 2.52 bits per heavy atom. The molecule has 29 heavy (non-hydrogen) atoms. The molecule has 2 aliphatic rings. The summed E-state index contributed by atoms with van der Waals surface area (Å²) in [6.45, 7) is 0.990. The Labute approximate surface area is 170 Å². The van der Waals surface area contributed by atoms with Crippen LogP contribution in [0, 0.1) is 0 Å². The monoisotopic (exact) mass is 391 g/mol. The molecule has 2 amide bonds. The first-order valence-corrected chi connectivity index (χ1v) is 9.86. The molecule has 2 aromatic carbocycles. The van der Waals surface area contributed by atoms with Crippen molar-refractivity contribution in [1.82, 2.24) is 5.32 Å². The van der Waals surface area contributed by atoms with Gasteiger partial charge in [0.1, 0.15) is 5.57 Å². The molecule has 1 saturated carbocycles. The fourth-order valence-electron chi connectivity index (χ4n) is 3.58. The van der Waals surface area contributed by atoms with Gasteiger partial charge in [-0.2, -0.15) is 0 Å². The Morgan fingerprint density at radius 2 is 1.83 bits per heavy atom. The minimum absolute atomic E-state index is 0.0941. The molecule has 1 aliphatic heterocycles. The average Bonchev–Trinajstić information content (AvgIpc) is 3.59. The van der Waals surface area contributed by atoms with E-state index >= 15 is 0 Å². The Kier molecular flexibility index (Phi) is 5.36. The van der Waals surface area contributed by atoms with Crippen LogP contribution < -0.4 is 15.1 Å². The van der Waals surface area contributed by atoms with Gasteiger partial charge in [-0.1, -0.05) is 24.3 Å². The number of likely N-dealkylation sites (N-methyl/N-ethyl adjacent to an activating group) is 1. The molecule has 6 heteroatoms. The van der Waals surface area contributed by atoms with Gasteiger partial charge in [0.2, 0.25) is 0 Å². The van der Waals surface area contributed by atoms with Crippen LogP contribution in [0.25, 0.3) is 0 Å². The lowest BCUT2D eigenvalue weighted by atomic mass is 10.1. The fourth-order valence-corrected chi connectivity index (χ4v) is 3.58. The van der Waals surface area contributed by atoms with Crippen LogP contribution in [0.5, 0.6) is 0 Å². The maximum Gasteiger partial charge on any atom is 0.269 e. The molecule has 0 aromatic heterocycles. The van der Waals surface area contributed by atoms with E-state index in [9.17, 15) is 9.59 Å². The van der Waals surface area contributed by atoms with E-state index < -0.39 is 0 Å². The zero-order chi connectivity index (χ0) is 20.4. The van der Waals surface area contributed by atoms with Crippen molar-refractivity contribution in [3.63, 3.8) is 0 Å². The molecule has 1 fully saturated rings. The van der Waals surface area contributed by atoms with E-state index in [0.717, 1.165) is 17.1 Å². The molecule has 150 valence electrons. The Balaban J connectivity index is 1.83. The Bertz CT molecular complexity index is 951. The van der Waals surface area contributed by atoms with Crippen LogP contribution in [-0.2, 0) is 14.3 Å². The van der Waals surface area contributed by atoms with Crippen LogP contribution in [0.2, 0.25) is 0 Å². The third-order valence-corrected chi connectivity index (χ3v) is 5.33. The second kappa shape index (κ2) is 8.09. The number of benzene rings is 2. The van der Waals surface area contributed by atoms with Crippen LogP contribution in [0.3, 0.4) is 0 Å². The number of hydrogen-bond acceptors (Lipinski definition) is 4. The molecule has 0 unspecified atom stereocenters. The molecule has 1 aliphatic carbocycles. The highest BCUT2D eigenvalue weighted by molar-refractivity contribution is 6.32. The van der Waals surface area contributed by atoms with Crippen LogP contribution in [0.15, 0.2) is 60.3 Å². The molecule has 0 bridgehead atoms. The smallest absolute Gasteiger partial charge is 0.269 e. The summed E-state index contributed by atoms with van der Waals surface area (Å²) < 4.78 is 5.03. The lowest BCUT2D eigenvalue weighted by Crippen LogP contribution is -2.33. The van der Waals surface area contributed by atoms with Gasteiger partial charge in [-0.15, -0.1) is 0 Å². The summed E-state index contributed by atoms with van der Waals surface area (Å²) in [5.41, 5.74) is 3.50. The molecule has 1 N–H and O–H groups in total. The summed E-state index contributed by atoms with van der Waals surface area (Å²) in [7, 11) is 3.32. The van der Waals surface area contributed by atoms with E-state index in [4.69, 9.17) is 4.74 Å². The van der Waals surface area contributed by atoms with E-state index in [1.54, 1.807) is 24.0 Å². The van der Waals surface area contributed by atoms with E-state index in [0.29, 0.717) is 19.1 Å². The zero-order valence-corrected chi connectivity index (χ0v) is 16.7. The summed E-state index contributed by atoms with van der Waals surface area (Å²) in [4.78, 5) is 29.9. The van der Waals surface area contributed by atoms with Crippen LogP contribution in [0.4, 0.5) is 17.1 Å². The molecule has 0 saturated heterocycles. The van der Waals surface area contributed by atoms with Crippen LogP contribution in [-0.4, -0.2) is 39.1 Å². The second-order valence-electron chi connectivity index (χ2n) is 7.37. The molecule has 0 radical (unpaired) electrons. The number of nitrogens with zero attached hydrogens (tertiary/aromatic N) is 2. The number of rotatable bonds is 6. The number of hydrogen-bond donors (Lipinski definition) is 1. The number of para-hydroxylation sites is 1. The predicted octanol–water partition coefficient (Wildman–Crippen LogP) is 3.33. The number of anilines is 3. The van der Waals surface area contributed by atoms with Crippen LogP contribution >= 0.6 is 0 Å². The van der Waals surface area contributed by atoms with E-state index in [2.05, 4.69) is 17.4 Å². The molecular weight excluding hydrogens is 366 g/mol. The summed E-state index contributed by atoms with van der Waals surface area (Å²) in [6, 6.07) is 15.5. The van der Waals surface area contributed by atoms with Gasteiger partial charge >= 0.3 is 0 Å². The number of carbonyl (C=O) groups excluding carboxylic acids is 2. The van der Waals surface area contributed by atoms with Crippen LogP contribution in [0.1, 0.15) is 24.3 Å². The first kappa shape index (κ1) is 19.2. The molecule has 2 aromatic rings. The van der Waals surface area contributed by atoms with Crippen molar-refractivity contribution in [1.29, 1.82) is 0 Å². The average molecular weight is 391 g/mol. The molecule has 0 spiro atoms. The van der Waals surface area contributed by atoms with Gasteiger partial charge in [-0.05, 0) is 48.6 Å². The number of nitrogens with one attached hydrogen (secondary N) is 1. The number of ether oxygens (including phenoxy) is 1. The van der Waals surface area contributed by atoms with Gasteiger partial charge in [0.25, 0.3) is 11.8 Å². The molecule has 6 nitrogen and oxygen atoms in total. The second-order valence-corrected chi connectivity index (χ2v) is 7.37. The maximum absolute atomic E-state index is 13.6. The number of amides is 2. The summed E-state index contributed by atoms with van der Waals surface area (Å²) in [6.07, 6.45) is 3.84. The largest absolute Gasteiger partial charge is 0.388 e. The quantitative estimate of drug-likeness (QED) is 0.466. The van der Waals surface area contributed by atoms with E-state index in [-0.39, 0.29) is 17.4 Å². The first-order chi connectivity index (χ1) is 14.1. The highest BCUT2D eigenvalue weighted by Gasteiger charge is 2.36. The topological polar surface area (TPSA) is 61.9 Å². The SMILES string of the molecule is COCCN/C=C1/C(=O)N(C)c2ccc(C3CC3)cc2N(c2ccccc2)C1=O. The number of methoxy groups -OCH3 is 1. The summed E-state index contributed by atoms with van der Waals surface area (Å²) in [5, 5.41) is 3.02. The third kappa shape index (κ3) is 3.76. The van der Waals surface area contributed by atoms with Gasteiger partial charge in [0.15, 0.2) is 0 Å². The standard InChI is InChI=1S/C23H25N3O3/c1-25-20-11-10-17(16-8-9-16)14-21(20)26(18-6-4-3-5-7-18)23(28)19(22(25)27)15-24-12-13-29-2/h3-7,10-11,14-16,24H,8-9,12-13H2,1-2H3/b19-15-. The highest BCUT2D eigenvalue weighted by Crippen LogP contribution is 2.45. The van der Waals surface area contributed by atoms with Crippen molar-refractivity contribution in [3.05, 3.63) is 65.9 Å². The van der Waals surface area contributed by atoms with Gasteiger partial charge in [-0.3, -0.25) is 14.5 Å². The number of carbonyl (C=O) groups is 2. The molecular formula is C23H25N3O3. The predicted molar refractivity (Wildman–Crippen MR) is 113 cm³/mol. The first-order valence-electron chi connectivity index (χ1n) is 9.86. The summed E-state index contributed by atoms with van der Waals surface area (Å²) in [5.74, 6) is -0.133. The minimum atomic E-state index is -0.343. The molecule has 0 atom stereocenters. The van der Waals surface area contributed by atoms with Gasteiger partial charge in [-0.25, -0.2) is 0 Å². The Morgan fingerprint density at radius 1 is 1.07 bits per heavy atom. The minimum Gasteiger partial charge on any atom is -0.388 e. The molecule has 4 rings (SSSR count). The van der Waals surface area contributed by atoms with Crippen molar-refractivity contribution in [2.24, 2.45) is 0 Å². The van der Waals surface area contributed by atoms with Gasteiger partial charge < -0.3 is 15.0 Å². The van der Waals surface area contributed by atoms with Crippen molar-refractivity contribution >= 4 is 28.9 Å². The third-order valence-electron chi connectivity index (χ3n) is 5.33. The van der Waals surface area contributed by atoms with Crippen molar-refractivity contribution in [2.75, 3.05) is 37.1 Å². The number of fused-ring (bicyclic) bond motifs is 1. The lowest BCUT2D eigenvalue weighted by Gasteiger charge is -2.24. The summed E-state index contributed by atoms with van der Waals surface area (Å²) >= 11 is 0. The lowest BCUT2D eigenvalue weighted by molar-refractivity contribution is -0.120. The van der Waals surface area contributed by atoms with Crippen molar-refractivity contribution in [3.8, 4) is 0 Å². The maximum atomic E-state index is 13.6.